The fraction of sp³-hybridized carbons (Fsp3) is 1.00. The van der Waals surface area contributed by atoms with Crippen molar-refractivity contribution in [3.8, 4) is 0 Å². The van der Waals surface area contributed by atoms with Gasteiger partial charge < -0.3 is 4.84 Å². The van der Waals surface area contributed by atoms with Gasteiger partial charge in [0.15, 0.2) is 0 Å². The molecule has 0 aromatic heterocycles. The van der Waals surface area contributed by atoms with Crippen LogP contribution in [0.4, 0.5) is 0 Å². The van der Waals surface area contributed by atoms with Gasteiger partial charge in [0.2, 0.25) is 0 Å². The van der Waals surface area contributed by atoms with Crippen molar-refractivity contribution in [2.45, 2.75) is 38.2 Å². The zero-order valence-electron chi connectivity index (χ0n) is 6.25. The Kier molecular flexibility index (Phi) is 1.66. The lowest BCUT2D eigenvalue weighted by Crippen LogP contribution is -2.38. The quantitative estimate of drug-likeness (QED) is 0.561. The maximum Gasteiger partial charge on any atom is 0.0818 e. The lowest BCUT2D eigenvalue weighted by Gasteiger charge is -2.40. The van der Waals surface area contributed by atoms with E-state index >= 15 is 0 Å². The van der Waals surface area contributed by atoms with E-state index < -0.39 is 0 Å². The molecule has 0 aliphatic heterocycles. The van der Waals surface area contributed by atoms with Crippen LogP contribution in [0.2, 0.25) is 0 Å². The highest BCUT2D eigenvalue weighted by Crippen LogP contribution is 2.41. The summed E-state index contributed by atoms with van der Waals surface area (Å²) in [4.78, 5) is 4.93. The molecule has 0 radical (unpaired) electrons. The van der Waals surface area contributed by atoms with Crippen LogP contribution in [0.5, 0.6) is 0 Å². The normalized spacial score (nSPS) is 45.9. The van der Waals surface area contributed by atoms with Crippen LogP contribution in [0.15, 0.2) is 0 Å². The molecule has 1 unspecified atom stereocenters. The predicted molar refractivity (Wildman–Crippen MR) is 39.1 cm³/mol. The van der Waals surface area contributed by atoms with Crippen LogP contribution in [0.1, 0.15) is 32.1 Å². The molecule has 58 valence electrons. The van der Waals surface area contributed by atoms with Gasteiger partial charge in [0, 0.05) is 0 Å². The minimum absolute atomic E-state index is 0.396. The molecule has 0 saturated heterocycles. The summed E-state index contributed by atoms with van der Waals surface area (Å²) in [6.45, 7) is 0. The van der Waals surface area contributed by atoms with Crippen molar-refractivity contribution in [3.05, 3.63) is 0 Å². The molecule has 3 aliphatic rings. The topological polar surface area (TPSA) is 35.2 Å². The first-order valence-electron chi connectivity index (χ1n) is 4.25. The Bertz CT molecular complexity index is 118. The van der Waals surface area contributed by atoms with Crippen molar-refractivity contribution < 1.29 is 4.84 Å². The smallest absolute Gasteiger partial charge is 0.0818 e. The Morgan fingerprint density at radius 1 is 1.10 bits per heavy atom. The van der Waals surface area contributed by atoms with E-state index in [1.165, 1.54) is 32.1 Å². The molecular formula is C8H15NO. The van der Waals surface area contributed by atoms with Gasteiger partial charge in [-0.05, 0) is 43.9 Å². The second kappa shape index (κ2) is 2.51. The molecule has 10 heavy (non-hydrogen) atoms. The number of hydrogen-bond acceptors (Lipinski definition) is 2. The van der Waals surface area contributed by atoms with Gasteiger partial charge in [-0.25, -0.2) is 5.90 Å². The monoisotopic (exact) mass is 141 g/mol. The molecule has 1 atom stereocenters. The van der Waals surface area contributed by atoms with Crippen molar-refractivity contribution in [2.75, 3.05) is 0 Å². The zero-order valence-corrected chi connectivity index (χ0v) is 6.25. The SMILES string of the molecule is NOC1CC2CCC1CC2. The molecule has 3 rings (SSSR count). The third-order valence-electron chi connectivity index (χ3n) is 3.16. The van der Waals surface area contributed by atoms with Gasteiger partial charge in [0.05, 0.1) is 6.10 Å². The first-order valence-corrected chi connectivity index (χ1v) is 4.25. The molecule has 0 spiro atoms. The molecule has 0 heterocycles. The Morgan fingerprint density at radius 3 is 2.10 bits per heavy atom. The molecule has 2 nitrogen and oxygen atoms in total. The molecule has 2 bridgehead atoms. The van der Waals surface area contributed by atoms with Crippen LogP contribution in [0, 0.1) is 11.8 Å². The van der Waals surface area contributed by atoms with E-state index in [1.807, 2.05) is 0 Å². The number of fused-ring (bicyclic) bond motifs is 3. The molecule has 0 aromatic rings. The van der Waals surface area contributed by atoms with Gasteiger partial charge in [-0.2, -0.15) is 0 Å². The minimum Gasteiger partial charge on any atom is -0.301 e. The van der Waals surface area contributed by atoms with E-state index in [-0.39, 0.29) is 0 Å². The van der Waals surface area contributed by atoms with Crippen LogP contribution in [-0.2, 0) is 4.84 Å². The summed E-state index contributed by atoms with van der Waals surface area (Å²) in [6, 6.07) is 0. The van der Waals surface area contributed by atoms with Crippen molar-refractivity contribution in [1.29, 1.82) is 0 Å². The Morgan fingerprint density at radius 2 is 1.80 bits per heavy atom. The highest BCUT2D eigenvalue weighted by Gasteiger charge is 2.35. The molecule has 2 N–H and O–H groups in total. The number of nitrogens with two attached hydrogens (primary N) is 1. The fourth-order valence-corrected chi connectivity index (χ4v) is 2.48. The van der Waals surface area contributed by atoms with E-state index in [0.717, 1.165) is 11.8 Å². The van der Waals surface area contributed by atoms with Gasteiger partial charge >= 0.3 is 0 Å². The second-order valence-corrected chi connectivity index (χ2v) is 3.69. The van der Waals surface area contributed by atoms with Crippen LogP contribution in [-0.4, -0.2) is 6.10 Å². The molecule has 0 amide bonds. The average Bonchev–Trinajstić information content (AvgIpc) is 2.06. The molecule has 3 aliphatic carbocycles. The highest BCUT2D eigenvalue weighted by atomic mass is 16.6. The van der Waals surface area contributed by atoms with E-state index in [9.17, 15) is 0 Å². The summed E-state index contributed by atoms with van der Waals surface area (Å²) >= 11 is 0. The van der Waals surface area contributed by atoms with E-state index in [4.69, 9.17) is 10.7 Å². The molecule has 3 saturated carbocycles. The fourth-order valence-electron chi connectivity index (χ4n) is 2.48. The van der Waals surface area contributed by atoms with Crippen LogP contribution >= 0.6 is 0 Å². The number of hydrogen-bond donors (Lipinski definition) is 1. The van der Waals surface area contributed by atoms with Gasteiger partial charge in [-0.15, -0.1) is 0 Å². The van der Waals surface area contributed by atoms with Crippen molar-refractivity contribution in [3.63, 3.8) is 0 Å². The summed E-state index contributed by atoms with van der Waals surface area (Å²) in [6.07, 6.45) is 7.17. The third kappa shape index (κ3) is 0.956. The summed E-state index contributed by atoms with van der Waals surface area (Å²) in [5.74, 6) is 6.91. The molecular weight excluding hydrogens is 126 g/mol. The van der Waals surface area contributed by atoms with Crippen LogP contribution in [0.3, 0.4) is 0 Å². The standard InChI is InChI=1S/C8H15NO/c9-10-8-5-6-1-3-7(8)4-2-6/h6-8H,1-5,9H2. The van der Waals surface area contributed by atoms with Gasteiger partial charge in [-0.1, -0.05) is 0 Å². The maximum absolute atomic E-state index is 5.19. The van der Waals surface area contributed by atoms with Crippen LogP contribution < -0.4 is 5.90 Å². The zero-order chi connectivity index (χ0) is 6.97. The highest BCUT2D eigenvalue weighted by molar-refractivity contribution is 4.86. The van der Waals surface area contributed by atoms with Gasteiger partial charge in [0.25, 0.3) is 0 Å². The number of rotatable bonds is 1. The predicted octanol–water partition coefficient (Wildman–Crippen LogP) is 1.46. The summed E-state index contributed by atoms with van der Waals surface area (Å²) in [7, 11) is 0. The van der Waals surface area contributed by atoms with E-state index in [1.54, 1.807) is 0 Å². The summed E-state index contributed by atoms with van der Waals surface area (Å²) < 4.78 is 0. The molecule has 3 fully saturated rings. The lowest BCUT2D eigenvalue weighted by molar-refractivity contribution is -0.0557. The average molecular weight is 141 g/mol. The van der Waals surface area contributed by atoms with Crippen molar-refractivity contribution in [1.82, 2.24) is 0 Å². The van der Waals surface area contributed by atoms with Crippen molar-refractivity contribution in [2.24, 2.45) is 17.7 Å². The van der Waals surface area contributed by atoms with Crippen LogP contribution in [0.25, 0.3) is 0 Å². The first-order chi connectivity index (χ1) is 4.90. The maximum atomic E-state index is 5.19. The largest absolute Gasteiger partial charge is 0.301 e. The Balaban J connectivity index is 2.01. The summed E-state index contributed by atoms with van der Waals surface area (Å²) in [5, 5.41) is 0. The minimum atomic E-state index is 0.396. The van der Waals surface area contributed by atoms with E-state index in [2.05, 4.69) is 0 Å². The molecule has 2 heteroatoms. The second-order valence-electron chi connectivity index (χ2n) is 3.69. The van der Waals surface area contributed by atoms with Gasteiger partial charge in [0.1, 0.15) is 0 Å². The Labute approximate surface area is 61.7 Å². The Hall–Kier alpha value is -0.0800. The summed E-state index contributed by atoms with van der Waals surface area (Å²) in [5.41, 5.74) is 0. The van der Waals surface area contributed by atoms with E-state index in [0.29, 0.717) is 6.10 Å². The lowest BCUT2D eigenvalue weighted by atomic mass is 9.69. The van der Waals surface area contributed by atoms with Gasteiger partial charge in [-0.3, -0.25) is 0 Å². The first kappa shape index (κ1) is 6.62. The van der Waals surface area contributed by atoms with Crippen molar-refractivity contribution >= 4 is 0 Å². The molecule has 0 aromatic carbocycles. The third-order valence-corrected chi connectivity index (χ3v) is 3.16.